The number of rotatable bonds is 2. The molecule has 1 rings (SSSR count). The summed E-state index contributed by atoms with van der Waals surface area (Å²) >= 11 is 0. The zero-order valence-electron chi connectivity index (χ0n) is 6.20. The lowest BCUT2D eigenvalue weighted by molar-refractivity contribution is -0.429. The Morgan fingerprint density at radius 1 is 1.82 bits per heavy atom. The molecule has 5 heteroatoms. The van der Waals surface area contributed by atoms with Gasteiger partial charge in [0.15, 0.2) is 5.82 Å². The molecule has 0 bridgehead atoms. The lowest BCUT2D eigenvalue weighted by atomic mass is 10.2. The minimum atomic E-state index is -0.387. The summed E-state index contributed by atoms with van der Waals surface area (Å²) in [5.74, 6) is 0.376. The molecule has 0 amide bonds. The summed E-state index contributed by atoms with van der Waals surface area (Å²) in [6.45, 7) is 0. The van der Waals surface area contributed by atoms with E-state index >= 15 is 0 Å². The summed E-state index contributed by atoms with van der Waals surface area (Å²) in [4.78, 5) is 13.8. The van der Waals surface area contributed by atoms with Gasteiger partial charge in [-0.3, -0.25) is 10.1 Å². The summed E-state index contributed by atoms with van der Waals surface area (Å²) in [5.41, 5.74) is 0.176. The standard InChI is InChI=1S/C6H9N3O2/c1-7-6-5(9(10)11)3-2-4-8-6/h4,7H,2-3H2,1H3. The number of allylic oxidation sites excluding steroid dienone is 1. The van der Waals surface area contributed by atoms with Crippen LogP contribution in [0.4, 0.5) is 0 Å². The Morgan fingerprint density at radius 2 is 2.55 bits per heavy atom. The Bertz CT molecular complexity index is 232. The van der Waals surface area contributed by atoms with Crippen molar-refractivity contribution in [3.63, 3.8) is 0 Å². The summed E-state index contributed by atoms with van der Waals surface area (Å²) in [6, 6.07) is 0. The molecule has 0 saturated heterocycles. The van der Waals surface area contributed by atoms with E-state index in [0.717, 1.165) is 0 Å². The van der Waals surface area contributed by atoms with Gasteiger partial charge in [-0.05, 0) is 6.42 Å². The van der Waals surface area contributed by atoms with E-state index in [9.17, 15) is 10.1 Å². The van der Waals surface area contributed by atoms with Gasteiger partial charge in [0.25, 0.3) is 5.70 Å². The lowest BCUT2D eigenvalue weighted by Gasteiger charge is -2.06. The van der Waals surface area contributed by atoms with Crippen LogP contribution in [0.1, 0.15) is 12.8 Å². The fourth-order valence-corrected chi connectivity index (χ4v) is 0.937. The van der Waals surface area contributed by atoms with E-state index in [4.69, 9.17) is 0 Å². The molecule has 60 valence electrons. The molecule has 0 spiro atoms. The van der Waals surface area contributed by atoms with E-state index in [1.807, 2.05) is 0 Å². The number of nitro groups is 1. The van der Waals surface area contributed by atoms with E-state index in [1.54, 1.807) is 13.3 Å². The van der Waals surface area contributed by atoms with Crippen LogP contribution in [-0.2, 0) is 0 Å². The molecule has 11 heavy (non-hydrogen) atoms. The Labute approximate surface area is 64.0 Å². The molecule has 5 nitrogen and oxygen atoms in total. The van der Waals surface area contributed by atoms with Crippen LogP contribution in [0.3, 0.4) is 0 Å². The monoisotopic (exact) mass is 155 g/mol. The van der Waals surface area contributed by atoms with Crippen LogP contribution in [-0.4, -0.2) is 18.2 Å². The van der Waals surface area contributed by atoms with Gasteiger partial charge in [-0.15, -0.1) is 0 Å². The normalized spacial score (nSPS) is 16.8. The lowest BCUT2D eigenvalue weighted by Crippen LogP contribution is -2.15. The molecular weight excluding hydrogens is 146 g/mol. The summed E-state index contributed by atoms with van der Waals surface area (Å²) in [6.07, 6.45) is 2.80. The molecule has 0 saturated carbocycles. The molecule has 0 aromatic rings. The number of aliphatic imine (C=N–C) groups is 1. The maximum Gasteiger partial charge on any atom is 0.288 e. The van der Waals surface area contributed by atoms with Crippen LogP contribution in [0.15, 0.2) is 16.5 Å². The van der Waals surface area contributed by atoms with Gasteiger partial charge in [0.1, 0.15) is 0 Å². The van der Waals surface area contributed by atoms with Crippen molar-refractivity contribution in [3.05, 3.63) is 21.6 Å². The zero-order chi connectivity index (χ0) is 8.27. The Hall–Kier alpha value is -1.39. The van der Waals surface area contributed by atoms with Gasteiger partial charge in [0, 0.05) is 19.7 Å². The minimum absolute atomic E-state index is 0.176. The molecule has 0 unspecified atom stereocenters. The predicted octanol–water partition coefficient (Wildman–Crippen LogP) is 0.516. The molecular formula is C6H9N3O2. The molecule has 0 fully saturated rings. The Balaban J connectivity index is 2.91. The molecule has 0 aromatic carbocycles. The highest BCUT2D eigenvalue weighted by molar-refractivity contribution is 5.60. The largest absolute Gasteiger partial charge is 0.368 e. The maximum absolute atomic E-state index is 10.4. The molecule has 1 aliphatic rings. The molecule has 1 N–H and O–H groups in total. The summed E-state index contributed by atoms with van der Waals surface area (Å²) in [7, 11) is 1.63. The third-order valence-electron chi connectivity index (χ3n) is 1.46. The van der Waals surface area contributed by atoms with E-state index in [0.29, 0.717) is 18.7 Å². The average molecular weight is 155 g/mol. The van der Waals surface area contributed by atoms with E-state index < -0.39 is 0 Å². The van der Waals surface area contributed by atoms with Crippen molar-refractivity contribution in [3.8, 4) is 0 Å². The highest BCUT2D eigenvalue weighted by atomic mass is 16.6. The molecule has 1 aliphatic heterocycles. The topological polar surface area (TPSA) is 67.5 Å². The van der Waals surface area contributed by atoms with Gasteiger partial charge in [-0.1, -0.05) is 0 Å². The van der Waals surface area contributed by atoms with Gasteiger partial charge < -0.3 is 5.32 Å². The fraction of sp³-hybridized carbons (Fsp3) is 0.500. The third-order valence-corrected chi connectivity index (χ3v) is 1.46. The smallest absolute Gasteiger partial charge is 0.288 e. The highest BCUT2D eigenvalue weighted by Gasteiger charge is 2.18. The van der Waals surface area contributed by atoms with Crippen LogP contribution in [0.2, 0.25) is 0 Å². The van der Waals surface area contributed by atoms with Crippen LogP contribution in [0.5, 0.6) is 0 Å². The van der Waals surface area contributed by atoms with Gasteiger partial charge in [0.2, 0.25) is 0 Å². The molecule has 0 aromatic heterocycles. The van der Waals surface area contributed by atoms with Gasteiger partial charge in [-0.2, -0.15) is 0 Å². The van der Waals surface area contributed by atoms with Gasteiger partial charge in [0.05, 0.1) is 4.92 Å². The first kappa shape index (κ1) is 7.71. The first-order valence-electron chi connectivity index (χ1n) is 3.33. The molecule has 0 radical (unpaired) electrons. The number of nitrogens with zero attached hydrogens (tertiary/aromatic N) is 2. The maximum atomic E-state index is 10.4. The minimum Gasteiger partial charge on any atom is -0.368 e. The quantitative estimate of drug-likeness (QED) is 0.466. The highest BCUT2D eigenvalue weighted by Crippen LogP contribution is 2.14. The van der Waals surface area contributed by atoms with Crippen LogP contribution >= 0.6 is 0 Å². The van der Waals surface area contributed by atoms with E-state index in [-0.39, 0.29) is 10.6 Å². The SMILES string of the molecule is CNC1=C([N+](=O)[O-])CCC=N1. The van der Waals surface area contributed by atoms with Crippen molar-refractivity contribution in [2.75, 3.05) is 7.05 Å². The van der Waals surface area contributed by atoms with Gasteiger partial charge >= 0.3 is 0 Å². The Morgan fingerprint density at radius 3 is 3.00 bits per heavy atom. The second-order valence-electron chi connectivity index (χ2n) is 2.15. The van der Waals surface area contributed by atoms with Crippen LogP contribution in [0.25, 0.3) is 0 Å². The van der Waals surface area contributed by atoms with Crippen molar-refractivity contribution in [1.29, 1.82) is 0 Å². The number of hydrogen-bond acceptors (Lipinski definition) is 4. The van der Waals surface area contributed by atoms with Crippen LogP contribution < -0.4 is 5.32 Å². The summed E-state index contributed by atoms with van der Waals surface area (Å²) < 4.78 is 0. The number of nitrogens with one attached hydrogen (secondary N) is 1. The second-order valence-corrected chi connectivity index (χ2v) is 2.15. The zero-order valence-corrected chi connectivity index (χ0v) is 6.20. The van der Waals surface area contributed by atoms with Crippen molar-refractivity contribution >= 4 is 6.21 Å². The van der Waals surface area contributed by atoms with Crippen LogP contribution in [0, 0.1) is 10.1 Å². The third kappa shape index (κ3) is 1.54. The predicted molar refractivity (Wildman–Crippen MR) is 40.8 cm³/mol. The average Bonchev–Trinajstić information content (AvgIpc) is 2.04. The van der Waals surface area contributed by atoms with Crippen molar-refractivity contribution in [1.82, 2.24) is 5.32 Å². The first-order valence-corrected chi connectivity index (χ1v) is 3.33. The molecule has 1 heterocycles. The van der Waals surface area contributed by atoms with E-state index in [2.05, 4.69) is 10.3 Å². The van der Waals surface area contributed by atoms with Crippen molar-refractivity contribution in [2.45, 2.75) is 12.8 Å². The first-order chi connectivity index (χ1) is 5.25. The van der Waals surface area contributed by atoms with Gasteiger partial charge in [-0.25, -0.2) is 4.99 Å². The number of hydrogen-bond donors (Lipinski definition) is 1. The van der Waals surface area contributed by atoms with Crippen molar-refractivity contribution in [2.24, 2.45) is 4.99 Å². The second kappa shape index (κ2) is 3.14. The van der Waals surface area contributed by atoms with E-state index in [1.165, 1.54) is 0 Å². The molecule has 0 atom stereocenters. The fourth-order valence-electron chi connectivity index (χ4n) is 0.937. The Kier molecular flexibility index (Phi) is 2.20. The summed E-state index contributed by atoms with van der Waals surface area (Å²) in [5, 5.41) is 13.0. The molecule has 0 aliphatic carbocycles. The van der Waals surface area contributed by atoms with Crippen molar-refractivity contribution < 1.29 is 4.92 Å².